The smallest absolute Gasteiger partial charge is 0.307 e. The average Bonchev–Trinajstić information content (AvgIpc) is 2.56. The molecule has 1 aliphatic rings. The van der Waals surface area contributed by atoms with E-state index < -0.39 is 6.29 Å². The van der Waals surface area contributed by atoms with Gasteiger partial charge in [-0.3, -0.25) is 4.79 Å². The van der Waals surface area contributed by atoms with Crippen LogP contribution in [0.3, 0.4) is 0 Å². The van der Waals surface area contributed by atoms with Gasteiger partial charge in [-0.1, -0.05) is 19.8 Å². The quantitative estimate of drug-likeness (QED) is 0.517. The second-order valence-electron chi connectivity index (χ2n) is 3.28. The van der Waals surface area contributed by atoms with Gasteiger partial charge in [0.25, 0.3) is 0 Å². The van der Waals surface area contributed by atoms with Crippen LogP contribution in [0.4, 0.5) is 0 Å². The Morgan fingerprint density at radius 2 is 2.17 bits per heavy atom. The van der Waals surface area contributed by atoms with Gasteiger partial charge in [0, 0.05) is 12.3 Å². The van der Waals surface area contributed by atoms with Crippen LogP contribution in [0.5, 0.6) is 0 Å². The summed E-state index contributed by atoms with van der Waals surface area (Å²) in [7, 11) is 0. The molecule has 0 aliphatic heterocycles. The van der Waals surface area contributed by atoms with Gasteiger partial charge in [0.15, 0.2) is 0 Å². The van der Waals surface area contributed by atoms with Crippen molar-refractivity contribution in [3.8, 4) is 0 Å². The first-order valence-corrected chi connectivity index (χ1v) is 4.61. The lowest BCUT2D eigenvalue weighted by Gasteiger charge is -2.17. The fourth-order valence-electron chi connectivity index (χ4n) is 1.56. The highest BCUT2D eigenvalue weighted by molar-refractivity contribution is 5.68. The Morgan fingerprint density at radius 3 is 2.67 bits per heavy atom. The van der Waals surface area contributed by atoms with Crippen LogP contribution in [0.1, 0.15) is 39.0 Å². The summed E-state index contributed by atoms with van der Waals surface area (Å²) in [6, 6.07) is 0. The summed E-state index contributed by atoms with van der Waals surface area (Å²) in [6.45, 7) is 1.73. The molecular formula is C9H16O3. The number of ether oxygens (including phenoxy) is 1. The molecule has 3 nitrogen and oxygen atoms in total. The van der Waals surface area contributed by atoms with Crippen LogP contribution >= 0.6 is 0 Å². The first kappa shape index (κ1) is 9.52. The van der Waals surface area contributed by atoms with Crippen molar-refractivity contribution in [2.45, 2.75) is 45.3 Å². The molecule has 0 aromatic carbocycles. The molecule has 0 radical (unpaired) electrons. The fourth-order valence-corrected chi connectivity index (χ4v) is 1.56. The highest BCUT2D eigenvalue weighted by Gasteiger charge is 2.25. The Balaban J connectivity index is 2.26. The summed E-state index contributed by atoms with van der Waals surface area (Å²) in [5.74, 6) is -0.130. The molecule has 0 aromatic rings. The third-order valence-corrected chi connectivity index (χ3v) is 2.34. The highest BCUT2D eigenvalue weighted by atomic mass is 16.6. The van der Waals surface area contributed by atoms with Gasteiger partial charge in [-0.15, -0.1) is 0 Å². The lowest BCUT2D eigenvalue weighted by Crippen LogP contribution is -2.24. The minimum Gasteiger partial charge on any atom is -0.436 e. The zero-order valence-corrected chi connectivity index (χ0v) is 7.45. The molecule has 0 heterocycles. The Morgan fingerprint density at radius 1 is 1.58 bits per heavy atom. The minimum atomic E-state index is -0.861. The minimum absolute atomic E-state index is 0.181. The maximum absolute atomic E-state index is 10.8. The Kier molecular flexibility index (Phi) is 3.53. The first-order valence-electron chi connectivity index (χ1n) is 4.61. The van der Waals surface area contributed by atoms with Gasteiger partial charge in [-0.25, -0.2) is 0 Å². The lowest BCUT2D eigenvalue weighted by molar-refractivity contribution is -0.176. The number of aliphatic hydroxyl groups is 1. The molecule has 70 valence electrons. The van der Waals surface area contributed by atoms with Crippen molar-refractivity contribution in [1.82, 2.24) is 0 Å². The Labute approximate surface area is 72.7 Å². The van der Waals surface area contributed by atoms with E-state index in [-0.39, 0.29) is 11.9 Å². The van der Waals surface area contributed by atoms with E-state index in [4.69, 9.17) is 4.74 Å². The third-order valence-electron chi connectivity index (χ3n) is 2.34. The van der Waals surface area contributed by atoms with Gasteiger partial charge >= 0.3 is 5.97 Å². The van der Waals surface area contributed by atoms with Crippen molar-refractivity contribution in [2.24, 2.45) is 5.92 Å². The van der Waals surface area contributed by atoms with Crippen molar-refractivity contribution >= 4 is 5.97 Å². The molecule has 0 unspecified atom stereocenters. The van der Waals surface area contributed by atoms with Gasteiger partial charge < -0.3 is 9.84 Å². The SMILES string of the molecule is CCC(=O)O[C@@H](O)C1CCCC1. The molecule has 1 aliphatic carbocycles. The molecule has 0 amide bonds. The summed E-state index contributed by atoms with van der Waals surface area (Å²) in [5, 5.41) is 9.41. The number of hydrogen-bond donors (Lipinski definition) is 1. The summed E-state index contributed by atoms with van der Waals surface area (Å²) < 4.78 is 4.80. The standard InChI is InChI=1S/C9H16O3/c1-2-8(10)12-9(11)7-5-3-4-6-7/h7,9,11H,2-6H2,1H3/t9-/m1/s1. The van der Waals surface area contributed by atoms with Crippen molar-refractivity contribution < 1.29 is 14.6 Å². The predicted octanol–water partition coefficient (Wildman–Crippen LogP) is 1.45. The second-order valence-corrected chi connectivity index (χ2v) is 3.28. The number of aliphatic hydroxyl groups excluding tert-OH is 1. The molecule has 1 rings (SSSR count). The number of carbonyl (C=O) groups is 1. The van der Waals surface area contributed by atoms with E-state index in [1.807, 2.05) is 0 Å². The van der Waals surface area contributed by atoms with Crippen molar-refractivity contribution in [1.29, 1.82) is 0 Å². The molecule has 1 atom stereocenters. The highest BCUT2D eigenvalue weighted by Crippen LogP contribution is 2.28. The van der Waals surface area contributed by atoms with E-state index in [2.05, 4.69) is 0 Å². The zero-order chi connectivity index (χ0) is 8.97. The summed E-state index contributed by atoms with van der Waals surface area (Å²) in [5.41, 5.74) is 0. The van der Waals surface area contributed by atoms with Crippen LogP contribution in [0.25, 0.3) is 0 Å². The normalized spacial score (nSPS) is 20.8. The summed E-state index contributed by atoms with van der Waals surface area (Å²) in [6.07, 6.45) is 3.73. The fraction of sp³-hybridized carbons (Fsp3) is 0.889. The van der Waals surface area contributed by atoms with Crippen LogP contribution in [-0.4, -0.2) is 17.4 Å². The third kappa shape index (κ3) is 2.48. The van der Waals surface area contributed by atoms with E-state index in [9.17, 15) is 9.90 Å². The van der Waals surface area contributed by atoms with Crippen LogP contribution < -0.4 is 0 Å². The van der Waals surface area contributed by atoms with Crippen LogP contribution in [-0.2, 0) is 9.53 Å². The van der Waals surface area contributed by atoms with Crippen LogP contribution in [0.15, 0.2) is 0 Å². The summed E-state index contributed by atoms with van der Waals surface area (Å²) >= 11 is 0. The zero-order valence-electron chi connectivity index (χ0n) is 7.45. The topological polar surface area (TPSA) is 46.5 Å². The van der Waals surface area contributed by atoms with E-state index in [0.29, 0.717) is 6.42 Å². The number of esters is 1. The number of hydrogen-bond acceptors (Lipinski definition) is 3. The Bertz CT molecular complexity index is 150. The van der Waals surface area contributed by atoms with Gasteiger partial charge in [-0.2, -0.15) is 0 Å². The van der Waals surface area contributed by atoms with E-state index in [1.165, 1.54) is 0 Å². The largest absolute Gasteiger partial charge is 0.436 e. The lowest BCUT2D eigenvalue weighted by atomic mass is 10.1. The maximum atomic E-state index is 10.8. The second kappa shape index (κ2) is 4.45. The monoisotopic (exact) mass is 172 g/mol. The molecule has 12 heavy (non-hydrogen) atoms. The van der Waals surface area contributed by atoms with E-state index in [0.717, 1.165) is 25.7 Å². The maximum Gasteiger partial charge on any atom is 0.307 e. The molecule has 1 N–H and O–H groups in total. The molecule has 0 saturated heterocycles. The first-order chi connectivity index (χ1) is 5.74. The molecule has 0 spiro atoms. The average molecular weight is 172 g/mol. The van der Waals surface area contributed by atoms with Gasteiger partial charge in [0.2, 0.25) is 6.29 Å². The molecule has 0 aromatic heterocycles. The molecular weight excluding hydrogens is 156 g/mol. The van der Waals surface area contributed by atoms with Gasteiger partial charge in [-0.05, 0) is 12.8 Å². The number of rotatable bonds is 3. The Hall–Kier alpha value is -0.570. The van der Waals surface area contributed by atoms with E-state index >= 15 is 0 Å². The summed E-state index contributed by atoms with van der Waals surface area (Å²) in [4.78, 5) is 10.8. The van der Waals surface area contributed by atoms with E-state index in [1.54, 1.807) is 6.92 Å². The molecule has 1 fully saturated rings. The van der Waals surface area contributed by atoms with Crippen molar-refractivity contribution in [3.05, 3.63) is 0 Å². The molecule has 3 heteroatoms. The molecule has 0 bridgehead atoms. The van der Waals surface area contributed by atoms with Crippen LogP contribution in [0, 0.1) is 5.92 Å². The van der Waals surface area contributed by atoms with Crippen LogP contribution in [0.2, 0.25) is 0 Å². The number of carbonyl (C=O) groups excluding carboxylic acids is 1. The predicted molar refractivity (Wildman–Crippen MR) is 44.3 cm³/mol. The van der Waals surface area contributed by atoms with Gasteiger partial charge in [0.1, 0.15) is 0 Å². The van der Waals surface area contributed by atoms with Crippen molar-refractivity contribution in [2.75, 3.05) is 0 Å². The van der Waals surface area contributed by atoms with Gasteiger partial charge in [0.05, 0.1) is 0 Å². The molecule has 1 saturated carbocycles. The van der Waals surface area contributed by atoms with Crippen molar-refractivity contribution in [3.63, 3.8) is 0 Å².